The van der Waals surface area contributed by atoms with E-state index in [0.29, 0.717) is 24.5 Å². The largest absolute Gasteiger partial charge is 0.384 e. The molecular formula is C14H20N2O2S. The van der Waals surface area contributed by atoms with E-state index in [4.69, 9.17) is 0 Å². The van der Waals surface area contributed by atoms with Crippen molar-refractivity contribution in [3.63, 3.8) is 0 Å². The topological polar surface area (TPSA) is 58.2 Å². The van der Waals surface area contributed by atoms with Gasteiger partial charge in [-0.2, -0.15) is 0 Å². The molecule has 0 bridgehead atoms. The Morgan fingerprint density at radius 1 is 1.47 bits per heavy atom. The highest BCUT2D eigenvalue weighted by atomic mass is 32.2. The predicted octanol–water partition coefficient (Wildman–Crippen LogP) is 1.47. The third-order valence-corrected chi connectivity index (χ3v) is 4.65. The number of hydrogen-bond acceptors (Lipinski definition) is 3. The van der Waals surface area contributed by atoms with Gasteiger partial charge in [0.25, 0.3) is 0 Å². The number of hydrogen-bond donors (Lipinski definition) is 2. The third-order valence-electron chi connectivity index (χ3n) is 3.35. The highest BCUT2D eigenvalue weighted by Gasteiger charge is 2.23. The summed E-state index contributed by atoms with van der Waals surface area (Å²) in [5, 5.41) is 6.16. The van der Waals surface area contributed by atoms with Gasteiger partial charge < -0.3 is 10.6 Å². The average Bonchev–Trinajstić information content (AvgIpc) is 2.82. The van der Waals surface area contributed by atoms with Crippen molar-refractivity contribution >= 4 is 22.4 Å². The average molecular weight is 280 g/mol. The van der Waals surface area contributed by atoms with Crippen molar-refractivity contribution in [2.45, 2.75) is 19.3 Å². The monoisotopic (exact) mass is 280 g/mol. The standard InChI is InChI=1S/C14H20N2O2S/c1-2-19(18)8-7-15-14(17)9-11-10-16-13-6-4-3-5-12(11)13/h3-6,11,16H,2,7-10H2,1H3,(H,15,17). The molecule has 1 aliphatic heterocycles. The lowest BCUT2D eigenvalue weighted by Gasteiger charge is -2.10. The lowest BCUT2D eigenvalue weighted by atomic mass is 9.98. The second kappa shape index (κ2) is 6.70. The smallest absolute Gasteiger partial charge is 0.220 e. The molecule has 1 heterocycles. The summed E-state index contributed by atoms with van der Waals surface area (Å²) in [4.78, 5) is 11.8. The summed E-state index contributed by atoms with van der Waals surface area (Å²) in [7, 11) is -0.811. The zero-order valence-electron chi connectivity index (χ0n) is 11.1. The molecule has 2 N–H and O–H groups in total. The van der Waals surface area contributed by atoms with Gasteiger partial charge in [-0.15, -0.1) is 0 Å². The van der Waals surface area contributed by atoms with Crippen LogP contribution >= 0.6 is 0 Å². The molecule has 1 amide bonds. The number of nitrogens with one attached hydrogen (secondary N) is 2. The quantitative estimate of drug-likeness (QED) is 0.829. The minimum absolute atomic E-state index is 0.0385. The van der Waals surface area contributed by atoms with E-state index in [1.54, 1.807) is 0 Å². The maximum absolute atomic E-state index is 11.8. The normalized spacial score (nSPS) is 18.5. The fourth-order valence-electron chi connectivity index (χ4n) is 2.28. The maximum Gasteiger partial charge on any atom is 0.220 e. The summed E-state index contributed by atoms with van der Waals surface area (Å²) in [6.45, 7) is 3.20. The number of para-hydroxylation sites is 1. The van der Waals surface area contributed by atoms with Crippen molar-refractivity contribution < 1.29 is 9.00 Å². The van der Waals surface area contributed by atoms with Gasteiger partial charge in [-0.25, -0.2) is 0 Å². The fraction of sp³-hybridized carbons (Fsp3) is 0.500. The molecule has 2 rings (SSSR count). The van der Waals surface area contributed by atoms with Gasteiger partial charge in [-0.05, 0) is 11.6 Å². The first kappa shape index (κ1) is 14.1. The molecule has 0 spiro atoms. The molecule has 5 heteroatoms. The Morgan fingerprint density at radius 2 is 2.26 bits per heavy atom. The molecule has 0 fully saturated rings. The van der Waals surface area contributed by atoms with Gasteiger partial charge in [-0.1, -0.05) is 25.1 Å². The minimum atomic E-state index is -0.811. The number of anilines is 1. The van der Waals surface area contributed by atoms with E-state index in [-0.39, 0.29) is 11.8 Å². The van der Waals surface area contributed by atoms with Crippen LogP contribution in [0.25, 0.3) is 0 Å². The lowest BCUT2D eigenvalue weighted by Crippen LogP contribution is -2.29. The van der Waals surface area contributed by atoms with Crippen LogP contribution in [0.4, 0.5) is 5.69 Å². The SMILES string of the molecule is CCS(=O)CCNC(=O)CC1CNc2ccccc21. The molecule has 2 atom stereocenters. The minimum Gasteiger partial charge on any atom is -0.384 e. The number of carbonyl (C=O) groups excluding carboxylic acids is 1. The van der Waals surface area contributed by atoms with Gasteiger partial charge >= 0.3 is 0 Å². The van der Waals surface area contributed by atoms with E-state index in [1.165, 1.54) is 5.56 Å². The van der Waals surface area contributed by atoms with Crippen LogP contribution in [0.15, 0.2) is 24.3 Å². The molecule has 1 aromatic carbocycles. The number of rotatable bonds is 6. The Bertz CT molecular complexity index is 476. The Labute approximate surface area is 116 Å². The Morgan fingerprint density at radius 3 is 3.05 bits per heavy atom. The van der Waals surface area contributed by atoms with E-state index in [9.17, 15) is 9.00 Å². The first-order valence-electron chi connectivity index (χ1n) is 6.65. The van der Waals surface area contributed by atoms with Crippen LogP contribution in [-0.4, -0.2) is 34.7 Å². The first-order chi connectivity index (χ1) is 9.20. The van der Waals surface area contributed by atoms with Crippen LogP contribution in [0.5, 0.6) is 0 Å². The Hall–Kier alpha value is -1.36. The summed E-state index contributed by atoms with van der Waals surface area (Å²) < 4.78 is 11.3. The molecule has 0 aliphatic carbocycles. The van der Waals surface area contributed by atoms with Crippen molar-refractivity contribution in [2.24, 2.45) is 0 Å². The van der Waals surface area contributed by atoms with Gasteiger partial charge in [0.05, 0.1) is 0 Å². The van der Waals surface area contributed by atoms with Crippen molar-refractivity contribution in [3.8, 4) is 0 Å². The van der Waals surface area contributed by atoms with Crippen molar-refractivity contribution in [1.82, 2.24) is 5.32 Å². The van der Waals surface area contributed by atoms with E-state index >= 15 is 0 Å². The molecule has 104 valence electrons. The highest BCUT2D eigenvalue weighted by Crippen LogP contribution is 2.32. The molecule has 19 heavy (non-hydrogen) atoms. The predicted molar refractivity (Wildman–Crippen MR) is 78.8 cm³/mol. The Balaban J connectivity index is 1.79. The lowest BCUT2D eigenvalue weighted by molar-refractivity contribution is -0.121. The van der Waals surface area contributed by atoms with Crippen molar-refractivity contribution in [2.75, 3.05) is 29.9 Å². The molecule has 2 unspecified atom stereocenters. The first-order valence-corrected chi connectivity index (χ1v) is 8.14. The maximum atomic E-state index is 11.8. The molecule has 4 nitrogen and oxygen atoms in total. The highest BCUT2D eigenvalue weighted by molar-refractivity contribution is 7.84. The summed E-state index contributed by atoms with van der Waals surface area (Å²) >= 11 is 0. The summed E-state index contributed by atoms with van der Waals surface area (Å²) in [5.74, 6) is 1.47. The van der Waals surface area contributed by atoms with Gasteiger partial charge in [0, 0.05) is 53.4 Å². The molecule has 0 aromatic heterocycles. The summed E-state index contributed by atoms with van der Waals surface area (Å²) in [6, 6.07) is 8.10. The molecule has 0 saturated carbocycles. The molecule has 1 aliphatic rings. The zero-order valence-corrected chi connectivity index (χ0v) is 12.0. The molecule has 1 aromatic rings. The van der Waals surface area contributed by atoms with Gasteiger partial charge in [-0.3, -0.25) is 9.00 Å². The third kappa shape index (κ3) is 3.80. The van der Waals surface area contributed by atoms with Crippen molar-refractivity contribution in [3.05, 3.63) is 29.8 Å². The van der Waals surface area contributed by atoms with E-state index in [0.717, 1.165) is 12.2 Å². The number of fused-ring (bicyclic) bond motifs is 1. The van der Waals surface area contributed by atoms with E-state index in [1.807, 2.05) is 25.1 Å². The van der Waals surface area contributed by atoms with E-state index < -0.39 is 10.8 Å². The van der Waals surface area contributed by atoms with Crippen LogP contribution in [0, 0.1) is 0 Å². The zero-order chi connectivity index (χ0) is 13.7. The molecule has 0 radical (unpaired) electrons. The van der Waals surface area contributed by atoms with Crippen LogP contribution in [0.3, 0.4) is 0 Å². The van der Waals surface area contributed by atoms with Crippen LogP contribution < -0.4 is 10.6 Å². The number of carbonyl (C=O) groups is 1. The van der Waals surface area contributed by atoms with Crippen LogP contribution in [0.2, 0.25) is 0 Å². The number of benzene rings is 1. The second-order valence-electron chi connectivity index (χ2n) is 4.65. The Kier molecular flexibility index (Phi) is 4.96. The van der Waals surface area contributed by atoms with Gasteiger partial charge in [0.1, 0.15) is 0 Å². The second-order valence-corrected chi connectivity index (χ2v) is 6.52. The van der Waals surface area contributed by atoms with Crippen LogP contribution in [0.1, 0.15) is 24.8 Å². The van der Waals surface area contributed by atoms with E-state index in [2.05, 4.69) is 16.7 Å². The van der Waals surface area contributed by atoms with Crippen molar-refractivity contribution in [1.29, 1.82) is 0 Å². The molecular weight excluding hydrogens is 260 g/mol. The summed E-state index contributed by atoms with van der Waals surface area (Å²) in [6.07, 6.45) is 0.489. The molecule has 0 saturated heterocycles. The number of amides is 1. The summed E-state index contributed by atoms with van der Waals surface area (Å²) in [5.41, 5.74) is 2.35. The van der Waals surface area contributed by atoms with Gasteiger partial charge in [0.2, 0.25) is 5.91 Å². The fourth-order valence-corrected chi connectivity index (χ4v) is 2.90. The van der Waals surface area contributed by atoms with Crippen LogP contribution in [-0.2, 0) is 15.6 Å². The van der Waals surface area contributed by atoms with Gasteiger partial charge in [0.15, 0.2) is 0 Å².